The number of likely N-dealkylation sites (tertiary alicyclic amines) is 1. The standard InChI is InChI=1S/C26H25NO5/c1-16(2)17-6-8-18(9-7-17)23-22(24(28)19-10-12-20(31-3)13-11-19)25(29)26(30)27(23)15-21-5-4-14-32-21/h4-14,16,23,28H,15H2,1-3H3/b24-22+/t23-/m1/s1. The molecule has 6 nitrogen and oxygen atoms in total. The number of amides is 1. The summed E-state index contributed by atoms with van der Waals surface area (Å²) < 4.78 is 10.6. The smallest absolute Gasteiger partial charge is 0.296 e. The Bertz CT molecular complexity index is 1140. The van der Waals surface area contributed by atoms with Crippen molar-refractivity contribution in [3.8, 4) is 5.75 Å². The number of furan rings is 1. The van der Waals surface area contributed by atoms with Crippen LogP contribution >= 0.6 is 0 Å². The Labute approximate surface area is 186 Å². The van der Waals surface area contributed by atoms with E-state index >= 15 is 0 Å². The Morgan fingerprint density at radius 2 is 1.75 bits per heavy atom. The van der Waals surface area contributed by atoms with Crippen molar-refractivity contribution in [1.29, 1.82) is 0 Å². The molecule has 1 aromatic heterocycles. The molecule has 1 aliphatic rings. The normalized spacial score (nSPS) is 17.9. The highest BCUT2D eigenvalue weighted by molar-refractivity contribution is 6.46. The van der Waals surface area contributed by atoms with Crippen LogP contribution in [-0.4, -0.2) is 28.8 Å². The summed E-state index contributed by atoms with van der Waals surface area (Å²) in [7, 11) is 1.55. The summed E-state index contributed by atoms with van der Waals surface area (Å²) in [4.78, 5) is 27.5. The van der Waals surface area contributed by atoms with Crippen LogP contribution in [0.15, 0.2) is 76.9 Å². The highest BCUT2D eigenvalue weighted by Crippen LogP contribution is 2.40. The number of aliphatic hydroxyl groups excluding tert-OH is 1. The number of rotatable bonds is 6. The number of methoxy groups -OCH3 is 1. The lowest BCUT2D eigenvalue weighted by molar-refractivity contribution is -0.140. The van der Waals surface area contributed by atoms with Crippen molar-refractivity contribution in [1.82, 2.24) is 4.90 Å². The Kier molecular flexibility index (Phi) is 5.86. The zero-order chi connectivity index (χ0) is 22.8. The average Bonchev–Trinajstić information content (AvgIpc) is 3.41. The van der Waals surface area contributed by atoms with Crippen LogP contribution in [0.2, 0.25) is 0 Å². The largest absolute Gasteiger partial charge is 0.507 e. The zero-order valence-corrected chi connectivity index (χ0v) is 18.2. The molecule has 4 rings (SSSR count). The molecule has 2 aromatic carbocycles. The fourth-order valence-corrected chi connectivity index (χ4v) is 3.93. The van der Waals surface area contributed by atoms with E-state index in [0.29, 0.717) is 23.0 Å². The van der Waals surface area contributed by atoms with Gasteiger partial charge in [-0.3, -0.25) is 9.59 Å². The number of nitrogens with zero attached hydrogens (tertiary/aromatic N) is 1. The molecular formula is C26H25NO5. The molecule has 32 heavy (non-hydrogen) atoms. The molecule has 3 aromatic rings. The summed E-state index contributed by atoms with van der Waals surface area (Å²) in [6.45, 7) is 4.32. The number of hydrogen-bond acceptors (Lipinski definition) is 5. The summed E-state index contributed by atoms with van der Waals surface area (Å²) >= 11 is 0. The van der Waals surface area contributed by atoms with E-state index in [0.717, 1.165) is 11.1 Å². The number of Topliss-reactive ketones (excluding diaryl/α,β-unsaturated/α-hetero) is 1. The molecule has 164 valence electrons. The van der Waals surface area contributed by atoms with Gasteiger partial charge in [-0.2, -0.15) is 0 Å². The monoisotopic (exact) mass is 431 g/mol. The second-order valence-electron chi connectivity index (χ2n) is 8.06. The van der Waals surface area contributed by atoms with Crippen molar-refractivity contribution in [2.24, 2.45) is 0 Å². The molecule has 1 amide bonds. The highest BCUT2D eigenvalue weighted by atomic mass is 16.5. The van der Waals surface area contributed by atoms with Crippen LogP contribution in [0, 0.1) is 0 Å². The van der Waals surface area contributed by atoms with Gasteiger partial charge in [0, 0.05) is 5.56 Å². The Hall–Kier alpha value is -3.80. The first-order chi connectivity index (χ1) is 15.4. The zero-order valence-electron chi connectivity index (χ0n) is 18.2. The van der Waals surface area contributed by atoms with Gasteiger partial charge in [0.1, 0.15) is 17.3 Å². The van der Waals surface area contributed by atoms with E-state index in [4.69, 9.17) is 9.15 Å². The van der Waals surface area contributed by atoms with E-state index in [1.54, 1.807) is 43.5 Å². The van der Waals surface area contributed by atoms with Crippen molar-refractivity contribution in [3.63, 3.8) is 0 Å². The van der Waals surface area contributed by atoms with Gasteiger partial charge in [-0.1, -0.05) is 38.1 Å². The molecular weight excluding hydrogens is 406 g/mol. The van der Waals surface area contributed by atoms with E-state index < -0.39 is 17.7 Å². The van der Waals surface area contributed by atoms with Crippen LogP contribution in [0.25, 0.3) is 5.76 Å². The van der Waals surface area contributed by atoms with Gasteiger partial charge in [0.15, 0.2) is 0 Å². The first kappa shape index (κ1) is 21.4. The van der Waals surface area contributed by atoms with Crippen LogP contribution in [-0.2, 0) is 16.1 Å². The number of hydrogen-bond donors (Lipinski definition) is 1. The average molecular weight is 431 g/mol. The molecule has 0 bridgehead atoms. The number of benzene rings is 2. The number of carbonyl (C=O) groups excluding carboxylic acids is 2. The molecule has 0 saturated carbocycles. The quantitative estimate of drug-likeness (QED) is 0.336. The molecule has 0 radical (unpaired) electrons. The predicted molar refractivity (Wildman–Crippen MR) is 120 cm³/mol. The number of carbonyl (C=O) groups is 2. The summed E-state index contributed by atoms with van der Waals surface area (Å²) in [6, 6.07) is 17.2. The molecule has 1 N–H and O–H groups in total. The first-order valence-electron chi connectivity index (χ1n) is 10.5. The van der Waals surface area contributed by atoms with Crippen molar-refractivity contribution in [2.45, 2.75) is 32.4 Å². The maximum Gasteiger partial charge on any atom is 0.296 e. The van der Waals surface area contributed by atoms with E-state index in [-0.39, 0.29) is 17.9 Å². The van der Waals surface area contributed by atoms with Gasteiger partial charge in [-0.15, -0.1) is 0 Å². The SMILES string of the molecule is COc1ccc(/C(O)=C2\C(=O)C(=O)N(Cc3ccco3)[C@@H]2c2ccc(C(C)C)cc2)cc1. The second-order valence-corrected chi connectivity index (χ2v) is 8.06. The maximum absolute atomic E-state index is 13.1. The van der Waals surface area contributed by atoms with Gasteiger partial charge in [0.25, 0.3) is 11.7 Å². The molecule has 0 aliphatic carbocycles. The minimum Gasteiger partial charge on any atom is -0.507 e. The van der Waals surface area contributed by atoms with Crippen molar-refractivity contribution >= 4 is 17.4 Å². The van der Waals surface area contributed by atoms with Crippen LogP contribution in [0.1, 0.15) is 48.3 Å². The summed E-state index contributed by atoms with van der Waals surface area (Å²) in [5, 5.41) is 11.1. The van der Waals surface area contributed by atoms with E-state index in [1.807, 2.05) is 24.3 Å². The maximum atomic E-state index is 13.1. The summed E-state index contributed by atoms with van der Waals surface area (Å²) in [5.41, 5.74) is 2.39. The Morgan fingerprint density at radius 3 is 2.31 bits per heavy atom. The van der Waals surface area contributed by atoms with Gasteiger partial charge in [-0.05, 0) is 53.4 Å². The van der Waals surface area contributed by atoms with E-state index in [1.165, 1.54) is 11.2 Å². The van der Waals surface area contributed by atoms with Gasteiger partial charge >= 0.3 is 0 Å². The van der Waals surface area contributed by atoms with Crippen molar-refractivity contribution in [2.75, 3.05) is 7.11 Å². The van der Waals surface area contributed by atoms with Gasteiger partial charge in [0.2, 0.25) is 0 Å². The number of ketones is 1. The Balaban J connectivity index is 1.83. The molecule has 1 atom stereocenters. The second kappa shape index (κ2) is 8.75. The van der Waals surface area contributed by atoms with E-state index in [9.17, 15) is 14.7 Å². The minimum atomic E-state index is -0.733. The van der Waals surface area contributed by atoms with Crippen LogP contribution in [0.5, 0.6) is 5.75 Å². The summed E-state index contributed by atoms with van der Waals surface area (Å²) in [6.07, 6.45) is 1.52. The predicted octanol–water partition coefficient (Wildman–Crippen LogP) is 5.03. The van der Waals surface area contributed by atoms with Gasteiger partial charge in [0.05, 0.1) is 31.5 Å². The molecule has 2 heterocycles. The summed E-state index contributed by atoms with van der Waals surface area (Å²) in [5.74, 6) is -0.0818. The molecule has 1 fully saturated rings. The topological polar surface area (TPSA) is 80.0 Å². The molecule has 1 saturated heterocycles. The fourth-order valence-electron chi connectivity index (χ4n) is 3.93. The molecule has 0 unspecified atom stereocenters. The van der Waals surface area contributed by atoms with Crippen molar-refractivity contribution in [3.05, 3.63) is 95.0 Å². The molecule has 1 aliphatic heterocycles. The fraction of sp³-hybridized carbons (Fsp3) is 0.231. The third-order valence-corrected chi connectivity index (χ3v) is 5.73. The molecule has 0 spiro atoms. The van der Waals surface area contributed by atoms with Gasteiger partial charge in [-0.25, -0.2) is 0 Å². The van der Waals surface area contributed by atoms with Crippen LogP contribution in [0.3, 0.4) is 0 Å². The Morgan fingerprint density at radius 1 is 1.06 bits per heavy atom. The van der Waals surface area contributed by atoms with Crippen molar-refractivity contribution < 1.29 is 23.8 Å². The third kappa shape index (κ3) is 3.91. The molecule has 6 heteroatoms. The lowest BCUT2D eigenvalue weighted by atomic mass is 9.93. The van der Waals surface area contributed by atoms with Crippen LogP contribution in [0.4, 0.5) is 0 Å². The lowest BCUT2D eigenvalue weighted by Gasteiger charge is -2.25. The lowest BCUT2D eigenvalue weighted by Crippen LogP contribution is -2.29. The minimum absolute atomic E-state index is 0.0593. The van der Waals surface area contributed by atoms with E-state index in [2.05, 4.69) is 13.8 Å². The van der Waals surface area contributed by atoms with Crippen LogP contribution < -0.4 is 4.74 Å². The highest BCUT2D eigenvalue weighted by Gasteiger charge is 2.46. The van der Waals surface area contributed by atoms with Gasteiger partial charge < -0.3 is 19.2 Å². The first-order valence-corrected chi connectivity index (χ1v) is 10.5. The number of ether oxygens (including phenoxy) is 1. The number of aliphatic hydroxyl groups is 1. The third-order valence-electron chi connectivity index (χ3n) is 5.73.